The third-order valence-electron chi connectivity index (χ3n) is 3.94. The molecule has 1 aliphatic rings. The number of nitrogens with one attached hydrogen (secondary N) is 1. The molecule has 1 aromatic carbocycles. The zero-order valence-electron chi connectivity index (χ0n) is 12.2. The lowest BCUT2D eigenvalue weighted by atomic mass is 9.96. The van der Waals surface area contributed by atoms with Crippen LogP contribution in [0, 0.1) is 11.7 Å². The van der Waals surface area contributed by atoms with Crippen LogP contribution < -0.4 is 5.32 Å². The van der Waals surface area contributed by atoms with Gasteiger partial charge < -0.3 is 15.3 Å². The number of piperidine rings is 1. The first kappa shape index (κ1) is 15.4. The van der Waals surface area contributed by atoms with Gasteiger partial charge in [0.15, 0.2) is 0 Å². The highest BCUT2D eigenvalue weighted by Gasteiger charge is 2.19. The van der Waals surface area contributed by atoms with Crippen molar-refractivity contribution in [2.45, 2.75) is 32.4 Å². The van der Waals surface area contributed by atoms with Gasteiger partial charge in [0.25, 0.3) is 0 Å². The van der Waals surface area contributed by atoms with Crippen LogP contribution in [0.2, 0.25) is 0 Å². The molecule has 1 saturated heterocycles. The summed E-state index contributed by atoms with van der Waals surface area (Å²) < 4.78 is 13.5. The maximum Gasteiger partial charge on any atom is 0.127 e. The standard InChI is InChI=1S/C16H25FN2O/c1-13(20)12-19-8-6-14(7-9-19)10-18-11-15-4-2-3-5-16(15)17/h2-5,13-14,18,20H,6-12H2,1H3/t13-/m1/s1. The lowest BCUT2D eigenvalue weighted by Gasteiger charge is -2.32. The summed E-state index contributed by atoms with van der Waals surface area (Å²) in [5.41, 5.74) is 0.735. The van der Waals surface area contributed by atoms with E-state index in [1.54, 1.807) is 6.07 Å². The number of β-amino-alcohol motifs (C(OH)–C–C–N with tert-alkyl or cyclic N) is 1. The molecule has 1 fully saturated rings. The van der Waals surface area contributed by atoms with Crippen LogP contribution in [-0.2, 0) is 6.54 Å². The van der Waals surface area contributed by atoms with E-state index in [0.717, 1.165) is 44.6 Å². The Labute approximate surface area is 120 Å². The van der Waals surface area contributed by atoms with Crippen molar-refractivity contribution in [3.63, 3.8) is 0 Å². The fourth-order valence-corrected chi connectivity index (χ4v) is 2.80. The monoisotopic (exact) mass is 280 g/mol. The molecule has 1 heterocycles. The summed E-state index contributed by atoms with van der Waals surface area (Å²) in [6.45, 7) is 6.25. The Kier molecular flexibility index (Phi) is 5.95. The van der Waals surface area contributed by atoms with Crippen LogP contribution in [0.25, 0.3) is 0 Å². The highest BCUT2D eigenvalue weighted by Crippen LogP contribution is 2.16. The zero-order chi connectivity index (χ0) is 14.4. The molecule has 0 bridgehead atoms. The summed E-state index contributed by atoms with van der Waals surface area (Å²) in [6, 6.07) is 6.92. The molecule has 0 saturated carbocycles. The normalized spacial score (nSPS) is 19.1. The molecule has 0 unspecified atom stereocenters. The van der Waals surface area contributed by atoms with Gasteiger partial charge in [0.1, 0.15) is 5.82 Å². The van der Waals surface area contributed by atoms with Crippen LogP contribution in [0.1, 0.15) is 25.3 Å². The molecule has 2 rings (SSSR count). The molecule has 1 atom stereocenters. The molecule has 0 amide bonds. The van der Waals surface area contributed by atoms with E-state index in [2.05, 4.69) is 10.2 Å². The Hall–Kier alpha value is -0.970. The number of aliphatic hydroxyl groups is 1. The molecule has 0 radical (unpaired) electrons. The lowest BCUT2D eigenvalue weighted by molar-refractivity contribution is 0.0998. The quantitative estimate of drug-likeness (QED) is 0.837. The molecule has 3 nitrogen and oxygen atoms in total. The number of aliphatic hydroxyl groups excluding tert-OH is 1. The van der Waals surface area contributed by atoms with Gasteiger partial charge in [-0.15, -0.1) is 0 Å². The number of likely N-dealkylation sites (tertiary alicyclic amines) is 1. The van der Waals surface area contributed by atoms with E-state index in [1.165, 1.54) is 6.07 Å². The van der Waals surface area contributed by atoms with E-state index in [9.17, 15) is 9.50 Å². The smallest absolute Gasteiger partial charge is 0.127 e. The van der Waals surface area contributed by atoms with Crippen molar-refractivity contribution in [3.8, 4) is 0 Å². The van der Waals surface area contributed by atoms with Crippen molar-refractivity contribution in [2.75, 3.05) is 26.2 Å². The molecular formula is C16H25FN2O. The fourth-order valence-electron chi connectivity index (χ4n) is 2.80. The van der Waals surface area contributed by atoms with Crippen LogP contribution in [0.15, 0.2) is 24.3 Å². The predicted molar refractivity (Wildman–Crippen MR) is 79.0 cm³/mol. The van der Waals surface area contributed by atoms with Crippen LogP contribution in [-0.4, -0.2) is 42.3 Å². The second-order valence-corrected chi connectivity index (χ2v) is 5.82. The predicted octanol–water partition coefficient (Wildman–Crippen LogP) is 2.01. The minimum Gasteiger partial charge on any atom is -0.392 e. The molecule has 1 aromatic rings. The van der Waals surface area contributed by atoms with Gasteiger partial charge in [0, 0.05) is 18.7 Å². The summed E-state index contributed by atoms with van der Waals surface area (Å²) >= 11 is 0. The summed E-state index contributed by atoms with van der Waals surface area (Å²) in [7, 11) is 0. The molecule has 4 heteroatoms. The average Bonchev–Trinajstić information content (AvgIpc) is 2.42. The van der Waals surface area contributed by atoms with Crippen molar-refractivity contribution in [1.29, 1.82) is 0 Å². The van der Waals surface area contributed by atoms with Gasteiger partial charge in [-0.25, -0.2) is 4.39 Å². The first-order valence-electron chi connectivity index (χ1n) is 7.49. The van der Waals surface area contributed by atoms with Crippen molar-refractivity contribution < 1.29 is 9.50 Å². The third-order valence-corrected chi connectivity index (χ3v) is 3.94. The van der Waals surface area contributed by atoms with Crippen LogP contribution >= 0.6 is 0 Å². The first-order chi connectivity index (χ1) is 9.65. The molecule has 20 heavy (non-hydrogen) atoms. The van der Waals surface area contributed by atoms with E-state index in [-0.39, 0.29) is 11.9 Å². The Bertz CT molecular complexity index is 403. The van der Waals surface area contributed by atoms with Crippen molar-refractivity contribution in [3.05, 3.63) is 35.6 Å². The number of halogens is 1. The van der Waals surface area contributed by atoms with E-state index in [4.69, 9.17) is 0 Å². The summed E-state index contributed by atoms with van der Waals surface area (Å²) in [5, 5.41) is 12.7. The van der Waals surface area contributed by atoms with Gasteiger partial charge in [-0.2, -0.15) is 0 Å². The zero-order valence-corrected chi connectivity index (χ0v) is 12.2. The van der Waals surface area contributed by atoms with Crippen molar-refractivity contribution in [2.24, 2.45) is 5.92 Å². The maximum absolute atomic E-state index is 13.5. The van der Waals surface area contributed by atoms with Crippen LogP contribution in [0.5, 0.6) is 0 Å². The second-order valence-electron chi connectivity index (χ2n) is 5.82. The van der Waals surface area contributed by atoms with E-state index < -0.39 is 0 Å². The second kappa shape index (κ2) is 7.72. The Morgan fingerprint density at radius 2 is 2.05 bits per heavy atom. The summed E-state index contributed by atoms with van der Waals surface area (Å²) in [4.78, 5) is 2.32. The Balaban J connectivity index is 1.65. The van der Waals surface area contributed by atoms with Gasteiger partial charge in [-0.05, 0) is 51.4 Å². The summed E-state index contributed by atoms with van der Waals surface area (Å²) in [6.07, 6.45) is 2.05. The van der Waals surface area contributed by atoms with E-state index >= 15 is 0 Å². The third kappa shape index (κ3) is 4.85. The molecule has 1 aliphatic heterocycles. The largest absolute Gasteiger partial charge is 0.392 e. The molecule has 0 aliphatic carbocycles. The SMILES string of the molecule is C[C@@H](O)CN1CCC(CNCc2ccccc2F)CC1. The highest BCUT2D eigenvalue weighted by atomic mass is 19.1. The number of benzene rings is 1. The number of hydrogen-bond acceptors (Lipinski definition) is 3. The van der Waals surface area contributed by atoms with Crippen LogP contribution in [0.4, 0.5) is 4.39 Å². The topological polar surface area (TPSA) is 35.5 Å². The molecule has 0 spiro atoms. The first-order valence-corrected chi connectivity index (χ1v) is 7.49. The number of hydrogen-bond donors (Lipinski definition) is 2. The average molecular weight is 280 g/mol. The highest BCUT2D eigenvalue weighted by molar-refractivity contribution is 5.16. The fraction of sp³-hybridized carbons (Fsp3) is 0.625. The van der Waals surface area contributed by atoms with Crippen LogP contribution in [0.3, 0.4) is 0 Å². The summed E-state index contributed by atoms with van der Waals surface area (Å²) in [5.74, 6) is 0.527. The van der Waals surface area contributed by atoms with Gasteiger partial charge >= 0.3 is 0 Å². The van der Waals surface area contributed by atoms with E-state index in [0.29, 0.717) is 12.5 Å². The van der Waals surface area contributed by atoms with Gasteiger partial charge in [-0.3, -0.25) is 0 Å². The lowest BCUT2D eigenvalue weighted by Crippen LogP contribution is -2.40. The van der Waals surface area contributed by atoms with Gasteiger partial charge in [0.05, 0.1) is 6.10 Å². The number of rotatable bonds is 6. The van der Waals surface area contributed by atoms with Gasteiger partial charge in [-0.1, -0.05) is 18.2 Å². The van der Waals surface area contributed by atoms with Crippen molar-refractivity contribution >= 4 is 0 Å². The van der Waals surface area contributed by atoms with Crippen molar-refractivity contribution in [1.82, 2.24) is 10.2 Å². The maximum atomic E-state index is 13.5. The Morgan fingerprint density at radius 1 is 1.35 bits per heavy atom. The van der Waals surface area contributed by atoms with E-state index in [1.807, 2.05) is 19.1 Å². The Morgan fingerprint density at radius 3 is 2.70 bits per heavy atom. The molecule has 112 valence electrons. The number of nitrogens with zero attached hydrogens (tertiary/aromatic N) is 1. The van der Waals surface area contributed by atoms with Gasteiger partial charge in [0.2, 0.25) is 0 Å². The molecule has 0 aromatic heterocycles. The molecule has 2 N–H and O–H groups in total. The minimum absolute atomic E-state index is 0.133. The molecular weight excluding hydrogens is 255 g/mol. The minimum atomic E-state index is -0.245.